The molecule has 0 amide bonds. The monoisotopic (exact) mass is 288 g/mol. The molecule has 1 aromatic carbocycles. The molecule has 1 N–H and O–H groups in total. The molecule has 0 bridgehead atoms. The highest BCUT2D eigenvalue weighted by Crippen LogP contribution is 2.25. The molecular weight excluding hydrogens is 268 g/mol. The fourth-order valence-electron chi connectivity index (χ4n) is 2.00. The quantitative estimate of drug-likeness (QED) is 0.833. The normalized spacial score (nSPS) is 10.8. The molecule has 0 atom stereocenters. The van der Waals surface area contributed by atoms with Gasteiger partial charge in [0, 0.05) is 11.5 Å². The van der Waals surface area contributed by atoms with Crippen LogP contribution in [0.2, 0.25) is 0 Å². The fourth-order valence-corrected chi connectivity index (χ4v) is 2.20. The van der Waals surface area contributed by atoms with Crippen LogP contribution in [-0.2, 0) is 0 Å². The van der Waals surface area contributed by atoms with E-state index >= 15 is 0 Å². The molecule has 2 rings (SSSR count). The first kappa shape index (κ1) is 14.7. The number of nitrogens with zero attached hydrogens (tertiary/aromatic N) is 1. The van der Waals surface area contributed by atoms with E-state index < -0.39 is 0 Å². The summed E-state index contributed by atoms with van der Waals surface area (Å²) in [6.45, 7) is 8.86. The molecule has 0 radical (unpaired) electrons. The average Bonchev–Trinajstić information content (AvgIpc) is 2.43. The largest absolute Gasteiger partial charge is 0.494 e. The first-order chi connectivity index (χ1) is 9.52. The lowest BCUT2D eigenvalue weighted by molar-refractivity contribution is 0.340. The Bertz CT molecular complexity index is 645. The minimum atomic E-state index is 0.318. The zero-order chi connectivity index (χ0) is 14.7. The predicted octanol–water partition coefficient (Wildman–Crippen LogP) is 4.64. The summed E-state index contributed by atoms with van der Waals surface area (Å²) in [4.78, 5) is 7.84. The van der Waals surface area contributed by atoms with Crippen LogP contribution >= 0.6 is 12.2 Å². The number of H-pyrrole nitrogens is 1. The van der Waals surface area contributed by atoms with Crippen LogP contribution in [0.1, 0.15) is 38.1 Å². The summed E-state index contributed by atoms with van der Waals surface area (Å²) in [5, 5.41) is 0. The van der Waals surface area contributed by atoms with E-state index in [0.717, 1.165) is 28.4 Å². The molecule has 0 aliphatic carbocycles. The lowest BCUT2D eigenvalue weighted by atomic mass is 10.1. The maximum atomic E-state index is 5.47. The zero-order valence-corrected chi connectivity index (χ0v) is 13.2. The number of ether oxygens (including phenoxy) is 1. The Kier molecular flexibility index (Phi) is 4.55. The van der Waals surface area contributed by atoms with Crippen molar-refractivity contribution in [3.05, 3.63) is 40.3 Å². The van der Waals surface area contributed by atoms with Crippen molar-refractivity contribution in [3.8, 4) is 17.0 Å². The Labute approximate surface area is 125 Å². The van der Waals surface area contributed by atoms with Crippen molar-refractivity contribution >= 4 is 12.2 Å². The number of rotatable bonds is 4. The number of benzene rings is 1. The van der Waals surface area contributed by atoms with Gasteiger partial charge in [-0.25, -0.2) is 4.98 Å². The maximum Gasteiger partial charge on any atom is 0.133 e. The van der Waals surface area contributed by atoms with Crippen LogP contribution in [0.25, 0.3) is 11.3 Å². The van der Waals surface area contributed by atoms with Gasteiger partial charge in [-0.05, 0) is 43.7 Å². The SMILES string of the molecule is CCOc1ccc(-c2[nH]c(C(C)C)nc(=S)c2C)cc1. The molecule has 1 aromatic heterocycles. The molecule has 4 heteroatoms. The van der Waals surface area contributed by atoms with Crippen molar-refractivity contribution in [3.63, 3.8) is 0 Å². The van der Waals surface area contributed by atoms with Crippen LogP contribution in [0.5, 0.6) is 5.75 Å². The third-order valence-electron chi connectivity index (χ3n) is 3.17. The van der Waals surface area contributed by atoms with E-state index in [9.17, 15) is 0 Å². The number of hydrogen-bond acceptors (Lipinski definition) is 3. The Hall–Kier alpha value is -1.68. The molecule has 20 heavy (non-hydrogen) atoms. The molecule has 0 aliphatic heterocycles. The van der Waals surface area contributed by atoms with Crippen LogP contribution in [0.15, 0.2) is 24.3 Å². The highest BCUT2D eigenvalue weighted by atomic mass is 32.1. The topological polar surface area (TPSA) is 37.9 Å². The second kappa shape index (κ2) is 6.18. The van der Waals surface area contributed by atoms with Gasteiger partial charge in [-0.15, -0.1) is 0 Å². The van der Waals surface area contributed by atoms with Gasteiger partial charge in [0.15, 0.2) is 0 Å². The first-order valence-corrected chi connectivity index (χ1v) is 7.27. The summed E-state index contributed by atoms with van der Waals surface area (Å²) in [7, 11) is 0. The third-order valence-corrected chi connectivity index (χ3v) is 3.57. The van der Waals surface area contributed by atoms with E-state index in [1.807, 2.05) is 38.1 Å². The first-order valence-electron chi connectivity index (χ1n) is 6.87. The van der Waals surface area contributed by atoms with Crippen molar-refractivity contribution in [2.24, 2.45) is 0 Å². The van der Waals surface area contributed by atoms with E-state index in [4.69, 9.17) is 17.0 Å². The summed E-state index contributed by atoms with van der Waals surface area (Å²) < 4.78 is 6.13. The van der Waals surface area contributed by atoms with Gasteiger partial charge in [-0.2, -0.15) is 0 Å². The van der Waals surface area contributed by atoms with E-state index in [1.54, 1.807) is 0 Å². The third kappa shape index (κ3) is 3.07. The van der Waals surface area contributed by atoms with Gasteiger partial charge in [0.05, 0.1) is 12.3 Å². The van der Waals surface area contributed by atoms with Gasteiger partial charge < -0.3 is 9.72 Å². The van der Waals surface area contributed by atoms with Crippen LogP contribution in [0, 0.1) is 11.6 Å². The predicted molar refractivity (Wildman–Crippen MR) is 84.9 cm³/mol. The summed E-state index contributed by atoms with van der Waals surface area (Å²) in [6, 6.07) is 8.04. The van der Waals surface area contributed by atoms with Crippen LogP contribution in [-0.4, -0.2) is 16.6 Å². The van der Waals surface area contributed by atoms with Gasteiger partial charge in [0.2, 0.25) is 0 Å². The van der Waals surface area contributed by atoms with Gasteiger partial charge in [0.1, 0.15) is 16.2 Å². The standard InChI is InChI=1S/C16H20N2OS/c1-5-19-13-8-6-12(7-9-13)14-11(4)16(20)18-15(17-14)10(2)3/h6-10H,5H2,1-4H3,(H,17,18,20). The molecule has 0 saturated carbocycles. The van der Waals surface area contributed by atoms with Crippen molar-refractivity contribution in [2.75, 3.05) is 6.61 Å². The smallest absolute Gasteiger partial charge is 0.133 e. The lowest BCUT2D eigenvalue weighted by Crippen LogP contribution is -2.02. The Morgan fingerprint density at radius 2 is 1.90 bits per heavy atom. The summed E-state index contributed by atoms with van der Waals surface area (Å²) >= 11 is 5.36. The molecule has 0 spiro atoms. The highest BCUT2D eigenvalue weighted by molar-refractivity contribution is 7.71. The molecular formula is C16H20N2OS. The molecule has 2 aromatic rings. The van der Waals surface area contributed by atoms with E-state index in [0.29, 0.717) is 17.2 Å². The summed E-state index contributed by atoms with van der Waals surface area (Å²) in [5.41, 5.74) is 3.15. The lowest BCUT2D eigenvalue weighted by Gasteiger charge is -2.12. The number of aromatic nitrogens is 2. The van der Waals surface area contributed by atoms with Gasteiger partial charge >= 0.3 is 0 Å². The fraction of sp³-hybridized carbons (Fsp3) is 0.375. The zero-order valence-electron chi connectivity index (χ0n) is 12.4. The Balaban J connectivity index is 2.48. The van der Waals surface area contributed by atoms with Crippen LogP contribution < -0.4 is 4.74 Å². The summed E-state index contributed by atoms with van der Waals surface area (Å²) in [5.74, 6) is 2.12. The Morgan fingerprint density at radius 3 is 2.45 bits per heavy atom. The molecule has 106 valence electrons. The van der Waals surface area contributed by atoms with Crippen LogP contribution in [0.3, 0.4) is 0 Å². The van der Waals surface area contributed by atoms with E-state index in [1.165, 1.54) is 0 Å². The van der Waals surface area contributed by atoms with Gasteiger partial charge in [-0.1, -0.05) is 26.1 Å². The second-order valence-corrected chi connectivity index (χ2v) is 5.43. The minimum absolute atomic E-state index is 0.318. The number of hydrogen-bond donors (Lipinski definition) is 1. The second-order valence-electron chi connectivity index (χ2n) is 5.04. The molecule has 0 aliphatic rings. The van der Waals surface area contributed by atoms with Gasteiger partial charge in [-0.3, -0.25) is 0 Å². The molecule has 0 unspecified atom stereocenters. The van der Waals surface area contributed by atoms with Gasteiger partial charge in [0.25, 0.3) is 0 Å². The minimum Gasteiger partial charge on any atom is -0.494 e. The number of nitrogens with one attached hydrogen (secondary N) is 1. The average molecular weight is 288 g/mol. The Morgan fingerprint density at radius 1 is 1.25 bits per heavy atom. The molecule has 1 heterocycles. The van der Waals surface area contributed by atoms with Crippen molar-refractivity contribution in [1.82, 2.24) is 9.97 Å². The molecule has 0 saturated heterocycles. The number of aromatic amines is 1. The van der Waals surface area contributed by atoms with Crippen molar-refractivity contribution < 1.29 is 4.74 Å². The van der Waals surface area contributed by atoms with E-state index in [2.05, 4.69) is 23.8 Å². The van der Waals surface area contributed by atoms with Crippen molar-refractivity contribution in [1.29, 1.82) is 0 Å². The molecule has 0 fully saturated rings. The van der Waals surface area contributed by atoms with E-state index in [-0.39, 0.29) is 0 Å². The van der Waals surface area contributed by atoms with Crippen LogP contribution in [0.4, 0.5) is 0 Å². The summed E-state index contributed by atoms with van der Waals surface area (Å²) in [6.07, 6.45) is 0. The van der Waals surface area contributed by atoms with Crippen molar-refractivity contribution in [2.45, 2.75) is 33.6 Å². The highest BCUT2D eigenvalue weighted by Gasteiger charge is 2.09. The molecule has 3 nitrogen and oxygen atoms in total. The maximum absolute atomic E-state index is 5.47.